The Morgan fingerprint density at radius 3 is 2.53 bits per heavy atom. The van der Waals surface area contributed by atoms with E-state index < -0.39 is 0 Å². The van der Waals surface area contributed by atoms with Crippen LogP contribution < -0.4 is 0 Å². The van der Waals surface area contributed by atoms with Crippen molar-refractivity contribution in [3.8, 4) is 0 Å². The van der Waals surface area contributed by atoms with Gasteiger partial charge in [0.15, 0.2) is 0 Å². The molecule has 3 saturated carbocycles. The van der Waals surface area contributed by atoms with Gasteiger partial charge in [-0.1, -0.05) is 43.7 Å². The first-order chi connectivity index (χ1) is 15.2. The minimum atomic E-state index is -0.134. The highest BCUT2D eigenvalue weighted by Crippen LogP contribution is 2.66. The molecule has 32 heavy (non-hydrogen) atoms. The number of aryl methyl sites for hydroxylation is 2. The van der Waals surface area contributed by atoms with Gasteiger partial charge in [0.1, 0.15) is 5.78 Å². The number of aliphatic hydroxyl groups excluding tert-OH is 1. The zero-order valence-corrected chi connectivity index (χ0v) is 20.6. The highest BCUT2D eigenvalue weighted by atomic mass is 16.3. The molecule has 0 radical (unpaired) electrons. The van der Waals surface area contributed by atoms with Crippen LogP contribution in [-0.2, 0) is 11.2 Å². The average molecular weight is 435 g/mol. The van der Waals surface area contributed by atoms with Crippen molar-refractivity contribution < 1.29 is 9.90 Å². The SMILES string of the molecule is Cc1cccc(C)c1CCC(=O)C1CCC2C3CC=C4CC(O)CCC4(C)C3CCC12C. The van der Waals surface area contributed by atoms with Gasteiger partial charge in [-0.25, -0.2) is 0 Å². The topological polar surface area (TPSA) is 37.3 Å². The van der Waals surface area contributed by atoms with E-state index in [1.807, 2.05) is 0 Å². The molecule has 0 aliphatic heterocycles. The van der Waals surface area contributed by atoms with Crippen molar-refractivity contribution in [2.24, 2.45) is 34.5 Å². The minimum absolute atomic E-state index is 0.134. The monoisotopic (exact) mass is 434 g/mol. The molecule has 0 bridgehead atoms. The van der Waals surface area contributed by atoms with Crippen LogP contribution in [0.1, 0.15) is 88.3 Å². The molecule has 0 heterocycles. The number of carbonyl (C=O) groups excluding carboxylic acids is 1. The van der Waals surface area contributed by atoms with E-state index in [1.54, 1.807) is 5.57 Å². The van der Waals surface area contributed by atoms with Crippen LogP contribution in [0.15, 0.2) is 29.8 Å². The van der Waals surface area contributed by atoms with E-state index in [0.29, 0.717) is 18.1 Å². The van der Waals surface area contributed by atoms with Crippen LogP contribution in [-0.4, -0.2) is 17.0 Å². The number of aliphatic hydroxyl groups is 1. The molecule has 4 aliphatic rings. The lowest BCUT2D eigenvalue weighted by molar-refractivity contribution is -0.129. The number of hydrogen-bond acceptors (Lipinski definition) is 2. The molecule has 3 fully saturated rings. The first kappa shape index (κ1) is 22.4. The average Bonchev–Trinajstić information content (AvgIpc) is 3.11. The standard InChI is InChI=1S/C30H42O2/c1-19-6-5-7-20(2)23(19)10-13-28(32)27-12-11-25-24-9-8-21-18-22(31)14-16-29(21,3)26(24)15-17-30(25,27)4/h5-8,22,24-27,31H,9-18H2,1-4H3. The molecule has 1 aromatic rings. The van der Waals surface area contributed by atoms with Gasteiger partial charge in [0.25, 0.3) is 0 Å². The van der Waals surface area contributed by atoms with Gasteiger partial charge in [0.2, 0.25) is 0 Å². The second-order valence-corrected chi connectivity index (χ2v) is 12.2. The molecular weight excluding hydrogens is 392 g/mol. The first-order valence-corrected chi connectivity index (χ1v) is 13.2. The molecule has 7 unspecified atom stereocenters. The third-order valence-electron chi connectivity index (χ3n) is 10.7. The van der Waals surface area contributed by atoms with Gasteiger partial charge >= 0.3 is 0 Å². The van der Waals surface area contributed by atoms with Gasteiger partial charge in [-0.05, 0) is 117 Å². The Balaban J connectivity index is 1.32. The highest BCUT2D eigenvalue weighted by Gasteiger charge is 2.59. The summed E-state index contributed by atoms with van der Waals surface area (Å²) in [5.74, 6) is 2.95. The van der Waals surface area contributed by atoms with Crippen molar-refractivity contribution >= 4 is 5.78 Å². The molecule has 174 valence electrons. The largest absolute Gasteiger partial charge is 0.393 e. The van der Waals surface area contributed by atoms with E-state index in [4.69, 9.17) is 0 Å². The quantitative estimate of drug-likeness (QED) is 0.533. The van der Waals surface area contributed by atoms with Gasteiger partial charge < -0.3 is 5.11 Å². The lowest BCUT2D eigenvalue weighted by Gasteiger charge is -2.58. The van der Waals surface area contributed by atoms with E-state index in [-0.39, 0.29) is 22.9 Å². The van der Waals surface area contributed by atoms with Crippen LogP contribution in [0.4, 0.5) is 0 Å². The van der Waals surface area contributed by atoms with Gasteiger partial charge in [-0.2, -0.15) is 0 Å². The van der Waals surface area contributed by atoms with Gasteiger partial charge in [0.05, 0.1) is 6.10 Å². The smallest absolute Gasteiger partial charge is 0.136 e. The van der Waals surface area contributed by atoms with Crippen LogP contribution >= 0.6 is 0 Å². The van der Waals surface area contributed by atoms with Gasteiger partial charge in [-0.15, -0.1) is 0 Å². The number of rotatable bonds is 4. The predicted octanol–water partition coefficient (Wildman–Crippen LogP) is 6.75. The molecule has 5 rings (SSSR count). The molecule has 2 nitrogen and oxygen atoms in total. The summed E-state index contributed by atoms with van der Waals surface area (Å²) < 4.78 is 0. The van der Waals surface area contributed by atoms with Crippen molar-refractivity contribution in [1.82, 2.24) is 0 Å². The Morgan fingerprint density at radius 1 is 1.03 bits per heavy atom. The van der Waals surface area contributed by atoms with Crippen molar-refractivity contribution in [2.45, 2.75) is 98.0 Å². The van der Waals surface area contributed by atoms with E-state index in [0.717, 1.165) is 43.9 Å². The first-order valence-electron chi connectivity index (χ1n) is 13.2. The molecule has 2 heteroatoms. The maximum Gasteiger partial charge on any atom is 0.136 e. The number of allylic oxidation sites excluding steroid dienone is 1. The summed E-state index contributed by atoms with van der Waals surface area (Å²) in [4.78, 5) is 13.5. The zero-order valence-electron chi connectivity index (χ0n) is 20.6. The normalized spacial score (nSPS) is 40.8. The third-order valence-corrected chi connectivity index (χ3v) is 10.7. The number of fused-ring (bicyclic) bond motifs is 5. The fourth-order valence-electron chi connectivity index (χ4n) is 8.84. The van der Waals surface area contributed by atoms with Crippen LogP contribution in [0.3, 0.4) is 0 Å². The van der Waals surface area contributed by atoms with Crippen LogP contribution in [0, 0.1) is 48.3 Å². The molecule has 1 N–H and O–H groups in total. The second-order valence-electron chi connectivity index (χ2n) is 12.2. The molecule has 0 amide bonds. The summed E-state index contributed by atoms with van der Waals surface area (Å²) in [6, 6.07) is 6.47. The van der Waals surface area contributed by atoms with E-state index in [2.05, 4.69) is 52.0 Å². The Labute approximate surface area is 194 Å². The number of benzene rings is 1. The maximum absolute atomic E-state index is 13.5. The summed E-state index contributed by atoms with van der Waals surface area (Å²) in [5, 5.41) is 10.2. The number of hydrogen-bond donors (Lipinski definition) is 1. The summed E-state index contributed by atoms with van der Waals surface area (Å²) >= 11 is 0. The molecule has 4 aliphatic carbocycles. The van der Waals surface area contributed by atoms with Crippen LogP contribution in [0.2, 0.25) is 0 Å². The van der Waals surface area contributed by atoms with Gasteiger partial charge in [0, 0.05) is 12.3 Å². The third kappa shape index (κ3) is 3.44. The lowest BCUT2D eigenvalue weighted by Crippen LogP contribution is -2.51. The second kappa shape index (κ2) is 8.12. The molecule has 0 saturated heterocycles. The summed E-state index contributed by atoms with van der Waals surface area (Å²) in [7, 11) is 0. The van der Waals surface area contributed by atoms with Crippen molar-refractivity contribution in [3.63, 3.8) is 0 Å². The van der Waals surface area contributed by atoms with E-state index in [9.17, 15) is 9.90 Å². The van der Waals surface area contributed by atoms with E-state index >= 15 is 0 Å². The molecule has 7 atom stereocenters. The Hall–Kier alpha value is -1.41. The fourth-order valence-corrected chi connectivity index (χ4v) is 8.84. The van der Waals surface area contributed by atoms with Gasteiger partial charge in [-0.3, -0.25) is 4.79 Å². The number of ketones is 1. The molecule has 0 aromatic heterocycles. The number of carbonyl (C=O) groups is 1. The zero-order chi connectivity index (χ0) is 22.7. The minimum Gasteiger partial charge on any atom is -0.393 e. The molecule has 0 spiro atoms. The fraction of sp³-hybridized carbons (Fsp3) is 0.700. The summed E-state index contributed by atoms with van der Waals surface area (Å²) in [6.07, 6.45) is 12.9. The van der Waals surface area contributed by atoms with Crippen LogP contribution in [0.5, 0.6) is 0 Å². The summed E-state index contributed by atoms with van der Waals surface area (Å²) in [6.45, 7) is 9.31. The van der Waals surface area contributed by atoms with Crippen molar-refractivity contribution in [1.29, 1.82) is 0 Å². The Morgan fingerprint density at radius 2 is 1.78 bits per heavy atom. The Kier molecular flexibility index (Phi) is 5.68. The Bertz CT molecular complexity index is 909. The van der Waals surface area contributed by atoms with Crippen molar-refractivity contribution in [2.75, 3.05) is 0 Å². The summed E-state index contributed by atoms with van der Waals surface area (Å²) in [5.41, 5.74) is 6.04. The molecule has 1 aromatic carbocycles. The van der Waals surface area contributed by atoms with Crippen LogP contribution in [0.25, 0.3) is 0 Å². The number of Topliss-reactive ketones (excluding diaryl/α,β-unsaturated/α-hetero) is 1. The van der Waals surface area contributed by atoms with Crippen molar-refractivity contribution in [3.05, 3.63) is 46.5 Å². The maximum atomic E-state index is 13.5. The molecular formula is C30H42O2. The van der Waals surface area contributed by atoms with E-state index in [1.165, 1.54) is 42.4 Å². The predicted molar refractivity (Wildman–Crippen MR) is 130 cm³/mol. The highest BCUT2D eigenvalue weighted by molar-refractivity contribution is 5.82. The lowest BCUT2D eigenvalue weighted by atomic mass is 9.47.